The van der Waals surface area contributed by atoms with Crippen molar-refractivity contribution in [2.24, 2.45) is 0 Å². The second-order valence-electron chi connectivity index (χ2n) is 13.7. The highest BCUT2D eigenvalue weighted by atomic mass is 32.1. The van der Waals surface area contributed by atoms with Gasteiger partial charge in [-0.2, -0.15) is 0 Å². The molecule has 9 aromatic carbocycles. The zero-order valence-corrected chi connectivity index (χ0v) is 30.4. The van der Waals surface area contributed by atoms with Crippen molar-refractivity contribution >= 4 is 59.3 Å². The smallest absolute Gasteiger partial charge is 0.0555 e. The van der Waals surface area contributed by atoms with Crippen LogP contribution in [0.3, 0.4) is 0 Å². The molecular weight excluding hydrogens is 671 g/mol. The van der Waals surface area contributed by atoms with Gasteiger partial charge >= 0.3 is 0 Å². The third kappa shape index (κ3) is 5.74. The Balaban J connectivity index is 1.15. The molecule has 1 heterocycles. The first-order valence-corrected chi connectivity index (χ1v) is 19.2. The van der Waals surface area contributed by atoms with E-state index in [0.717, 1.165) is 11.4 Å². The monoisotopic (exact) mass is 705 g/mol. The van der Waals surface area contributed by atoms with Crippen molar-refractivity contribution in [1.82, 2.24) is 0 Å². The Morgan fingerprint density at radius 1 is 0.315 bits per heavy atom. The van der Waals surface area contributed by atoms with Crippen molar-refractivity contribution in [1.29, 1.82) is 0 Å². The topological polar surface area (TPSA) is 3.24 Å². The maximum Gasteiger partial charge on any atom is 0.0555 e. The second kappa shape index (κ2) is 13.7. The minimum atomic E-state index is 1.11. The van der Waals surface area contributed by atoms with E-state index in [1.165, 1.54) is 81.1 Å². The van der Waals surface area contributed by atoms with Gasteiger partial charge in [0.2, 0.25) is 0 Å². The molecule has 0 aliphatic carbocycles. The molecule has 10 aromatic rings. The third-order valence-electron chi connectivity index (χ3n) is 10.5. The van der Waals surface area contributed by atoms with E-state index in [9.17, 15) is 0 Å². The summed E-state index contributed by atoms with van der Waals surface area (Å²) >= 11 is 1.86. The molecule has 10 rings (SSSR count). The van der Waals surface area contributed by atoms with Crippen molar-refractivity contribution in [2.45, 2.75) is 0 Å². The van der Waals surface area contributed by atoms with E-state index in [-0.39, 0.29) is 0 Å². The molecule has 1 aromatic heterocycles. The van der Waals surface area contributed by atoms with Crippen molar-refractivity contribution in [3.63, 3.8) is 0 Å². The Morgan fingerprint density at radius 2 is 0.796 bits per heavy atom. The highest BCUT2D eigenvalue weighted by Crippen LogP contribution is 2.48. The molecule has 0 unspecified atom stereocenters. The zero-order chi connectivity index (χ0) is 35.8. The van der Waals surface area contributed by atoms with Crippen LogP contribution >= 0.6 is 11.3 Å². The predicted octanol–water partition coefficient (Wildman–Crippen LogP) is 15.3. The van der Waals surface area contributed by atoms with E-state index < -0.39 is 0 Å². The number of fused-ring (bicyclic) bond motifs is 4. The Hall–Kier alpha value is -6.74. The van der Waals surface area contributed by atoms with Gasteiger partial charge < -0.3 is 4.90 Å². The van der Waals surface area contributed by atoms with Gasteiger partial charge in [0.05, 0.1) is 11.4 Å². The molecule has 1 nitrogen and oxygen atoms in total. The van der Waals surface area contributed by atoms with Crippen LogP contribution in [0.5, 0.6) is 0 Å². The van der Waals surface area contributed by atoms with Crippen LogP contribution in [0.15, 0.2) is 212 Å². The number of thiophene rings is 1. The molecule has 54 heavy (non-hydrogen) atoms. The average Bonchev–Trinajstić information content (AvgIpc) is 3.64. The first kappa shape index (κ1) is 32.0. The minimum absolute atomic E-state index is 1.11. The van der Waals surface area contributed by atoms with Gasteiger partial charge in [-0.15, -0.1) is 11.3 Å². The summed E-state index contributed by atoms with van der Waals surface area (Å²) < 4.78 is 2.58. The Kier molecular flexibility index (Phi) is 8.09. The maximum absolute atomic E-state index is 2.46. The minimum Gasteiger partial charge on any atom is -0.309 e. The fraction of sp³-hybridized carbons (Fsp3) is 0. The van der Waals surface area contributed by atoms with E-state index in [0.29, 0.717) is 0 Å². The van der Waals surface area contributed by atoms with Crippen LogP contribution in [0.4, 0.5) is 17.1 Å². The molecule has 0 aliphatic heterocycles. The van der Waals surface area contributed by atoms with E-state index >= 15 is 0 Å². The van der Waals surface area contributed by atoms with Crippen molar-refractivity contribution in [2.75, 3.05) is 4.90 Å². The Labute approximate surface area is 319 Å². The highest BCUT2D eigenvalue weighted by Gasteiger charge is 2.21. The van der Waals surface area contributed by atoms with Gasteiger partial charge in [0, 0.05) is 31.4 Å². The highest BCUT2D eigenvalue weighted by molar-refractivity contribution is 7.26. The Morgan fingerprint density at radius 3 is 1.52 bits per heavy atom. The largest absolute Gasteiger partial charge is 0.309 e. The van der Waals surface area contributed by atoms with Crippen LogP contribution in [0.1, 0.15) is 0 Å². The molecule has 254 valence electrons. The summed E-state index contributed by atoms with van der Waals surface area (Å²) in [6.07, 6.45) is 0. The number of hydrogen-bond donors (Lipinski definition) is 0. The number of nitrogens with zero attached hydrogens (tertiary/aromatic N) is 1. The van der Waals surface area contributed by atoms with Gasteiger partial charge in [-0.3, -0.25) is 0 Å². The number of benzene rings is 9. The summed E-state index contributed by atoms with van der Waals surface area (Å²) in [4.78, 5) is 2.46. The van der Waals surface area contributed by atoms with Crippen LogP contribution in [-0.4, -0.2) is 0 Å². The molecule has 0 bridgehead atoms. The van der Waals surface area contributed by atoms with Crippen LogP contribution < -0.4 is 4.90 Å². The first-order valence-electron chi connectivity index (χ1n) is 18.4. The lowest BCUT2D eigenvalue weighted by Crippen LogP contribution is -2.11. The summed E-state index contributed by atoms with van der Waals surface area (Å²) in [5.41, 5.74) is 13.1. The van der Waals surface area contributed by atoms with E-state index in [4.69, 9.17) is 0 Å². The van der Waals surface area contributed by atoms with Gasteiger partial charge in [0.15, 0.2) is 0 Å². The predicted molar refractivity (Wildman–Crippen MR) is 233 cm³/mol. The van der Waals surface area contributed by atoms with Crippen LogP contribution in [0, 0.1) is 0 Å². The lowest BCUT2D eigenvalue weighted by molar-refractivity contribution is 1.30. The number of hydrogen-bond acceptors (Lipinski definition) is 2. The number of rotatable bonds is 7. The summed E-state index contributed by atoms with van der Waals surface area (Å²) in [5, 5.41) is 5.04. The van der Waals surface area contributed by atoms with Gasteiger partial charge in [-0.05, 0) is 98.2 Å². The SMILES string of the molecule is c1ccc(-c2ccc(-c3ccccc3N(c3ccc(-c4cc5ccccc5cc4-c4ccccc4)cc3)c3cccc4sc5ccccc5c34)cc2)cc1. The van der Waals surface area contributed by atoms with Gasteiger partial charge in [0.25, 0.3) is 0 Å². The number of para-hydroxylation sites is 1. The van der Waals surface area contributed by atoms with E-state index in [1.54, 1.807) is 0 Å². The molecule has 0 atom stereocenters. The summed E-state index contributed by atoms with van der Waals surface area (Å²) in [7, 11) is 0. The number of anilines is 3. The summed E-state index contributed by atoms with van der Waals surface area (Å²) in [6.45, 7) is 0. The molecule has 0 aliphatic rings. The molecule has 0 saturated carbocycles. The van der Waals surface area contributed by atoms with Crippen LogP contribution in [0.2, 0.25) is 0 Å². The fourth-order valence-corrected chi connectivity index (χ4v) is 8.99. The van der Waals surface area contributed by atoms with E-state index in [2.05, 4.69) is 217 Å². The fourth-order valence-electron chi connectivity index (χ4n) is 7.86. The third-order valence-corrected chi connectivity index (χ3v) is 11.6. The molecule has 0 fully saturated rings. The summed E-state index contributed by atoms with van der Waals surface area (Å²) in [6, 6.07) is 77.2. The van der Waals surface area contributed by atoms with Crippen LogP contribution in [-0.2, 0) is 0 Å². The standard InChI is InChI=1S/C52H35NS/c1-3-14-36(15-4-1)37-26-28-39(29-27-37)44-20-9-11-22-48(44)53(49-23-13-25-51-52(49)45-21-10-12-24-50(45)54-51)43-32-30-40(31-33-43)47-35-42-19-8-7-18-41(42)34-46(47)38-16-5-2-6-17-38/h1-35H. The molecule has 0 saturated heterocycles. The van der Waals surface area contributed by atoms with Gasteiger partial charge in [-0.1, -0.05) is 164 Å². The quantitative estimate of drug-likeness (QED) is 0.160. The molecule has 0 N–H and O–H groups in total. The van der Waals surface area contributed by atoms with Gasteiger partial charge in [0.1, 0.15) is 0 Å². The molecule has 0 radical (unpaired) electrons. The van der Waals surface area contributed by atoms with Gasteiger partial charge in [-0.25, -0.2) is 0 Å². The molecule has 0 spiro atoms. The van der Waals surface area contributed by atoms with Crippen molar-refractivity contribution in [3.8, 4) is 44.5 Å². The van der Waals surface area contributed by atoms with E-state index in [1.807, 2.05) is 11.3 Å². The zero-order valence-electron chi connectivity index (χ0n) is 29.6. The maximum atomic E-state index is 2.46. The molecule has 2 heteroatoms. The van der Waals surface area contributed by atoms with Crippen LogP contribution in [0.25, 0.3) is 75.5 Å². The lowest BCUT2D eigenvalue weighted by Gasteiger charge is -2.29. The average molecular weight is 706 g/mol. The Bertz CT molecular complexity index is 2910. The molecular formula is C52H35NS. The first-order chi connectivity index (χ1) is 26.8. The molecule has 0 amide bonds. The summed E-state index contributed by atoms with van der Waals surface area (Å²) in [5.74, 6) is 0. The van der Waals surface area contributed by atoms with Crippen molar-refractivity contribution < 1.29 is 0 Å². The normalized spacial score (nSPS) is 11.3. The second-order valence-corrected chi connectivity index (χ2v) is 14.8. The van der Waals surface area contributed by atoms with Crippen molar-refractivity contribution in [3.05, 3.63) is 212 Å². The lowest BCUT2D eigenvalue weighted by atomic mass is 9.91.